The minimum absolute atomic E-state index is 0.178. The van der Waals surface area contributed by atoms with E-state index in [2.05, 4.69) is 20.6 Å². The lowest BCUT2D eigenvalue weighted by Gasteiger charge is -2.13. The number of carbonyl (C=O) groups excluding carboxylic acids is 1. The number of hydrogen-bond donors (Lipinski definition) is 3. The Bertz CT molecular complexity index is 788. The summed E-state index contributed by atoms with van der Waals surface area (Å²) in [6.45, 7) is 3.23. The Morgan fingerprint density at radius 2 is 2.20 bits per heavy atom. The van der Waals surface area contributed by atoms with E-state index >= 15 is 0 Å². The maximum absolute atomic E-state index is 11.6. The topological polar surface area (TPSA) is 109 Å². The largest absolute Gasteiger partial charge is 0.478 e. The van der Waals surface area contributed by atoms with E-state index in [1.807, 2.05) is 11.5 Å². The number of aromatic nitrogens is 3. The quantitative estimate of drug-likeness (QED) is 0.490. The van der Waals surface area contributed by atoms with E-state index in [0.717, 1.165) is 18.3 Å². The van der Waals surface area contributed by atoms with Gasteiger partial charge in [0.05, 0.1) is 29.9 Å². The average Bonchev–Trinajstić information content (AvgIpc) is 3.06. The summed E-state index contributed by atoms with van der Waals surface area (Å²) in [4.78, 5) is 30.6. The molecule has 0 unspecified atom stereocenters. The number of carboxylic acid groups (broad SMARTS) is 1. The van der Waals surface area contributed by atoms with E-state index in [-0.39, 0.29) is 11.8 Å². The van der Waals surface area contributed by atoms with Gasteiger partial charge in [0.1, 0.15) is 5.88 Å². The molecule has 9 heteroatoms. The molecule has 0 bridgehead atoms. The number of imidazole rings is 1. The predicted octanol–water partition coefficient (Wildman–Crippen LogP) is 2.19. The smallest absolute Gasteiger partial charge is 0.328 e. The molecule has 2 heterocycles. The van der Waals surface area contributed by atoms with Gasteiger partial charge in [0, 0.05) is 18.8 Å². The van der Waals surface area contributed by atoms with Crippen LogP contribution >= 0.6 is 11.6 Å². The highest BCUT2D eigenvalue weighted by Gasteiger charge is 2.09. The van der Waals surface area contributed by atoms with Crippen LogP contribution < -0.4 is 10.6 Å². The lowest BCUT2D eigenvalue weighted by molar-refractivity contribution is -0.131. The second-order valence-corrected chi connectivity index (χ2v) is 5.28. The zero-order chi connectivity index (χ0) is 18.2. The summed E-state index contributed by atoms with van der Waals surface area (Å²) >= 11 is 5.53. The maximum atomic E-state index is 11.6. The SMILES string of the molecule is CCn1cncc1CNc1nc(/C=C/C(=O)O)ccc1NC(=O)CCl. The Morgan fingerprint density at radius 3 is 2.88 bits per heavy atom. The third kappa shape index (κ3) is 5.32. The number of nitrogens with one attached hydrogen (secondary N) is 2. The minimum Gasteiger partial charge on any atom is -0.478 e. The number of alkyl halides is 1. The van der Waals surface area contributed by atoms with E-state index in [4.69, 9.17) is 16.7 Å². The number of anilines is 2. The van der Waals surface area contributed by atoms with Crippen LogP contribution in [0.4, 0.5) is 11.5 Å². The fourth-order valence-electron chi connectivity index (χ4n) is 2.10. The summed E-state index contributed by atoms with van der Waals surface area (Å²) < 4.78 is 1.97. The van der Waals surface area contributed by atoms with Crippen molar-refractivity contribution in [2.75, 3.05) is 16.5 Å². The molecule has 1 amide bonds. The monoisotopic (exact) mass is 363 g/mol. The Kier molecular flexibility index (Phi) is 6.53. The summed E-state index contributed by atoms with van der Waals surface area (Å²) in [5.74, 6) is -1.20. The molecule has 0 fully saturated rings. The first-order valence-electron chi connectivity index (χ1n) is 7.54. The third-order valence-electron chi connectivity index (χ3n) is 3.29. The molecule has 3 N–H and O–H groups in total. The second-order valence-electron chi connectivity index (χ2n) is 5.01. The van der Waals surface area contributed by atoms with Crippen molar-refractivity contribution in [3.8, 4) is 0 Å². The molecule has 132 valence electrons. The van der Waals surface area contributed by atoms with Gasteiger partial charge in [-0.25, -0.2) is 14.8 Å². The molecule has 0 saturated carbocycles. The number of amides is 1. The van der Waals surface area contributed by atoms with Crippen LogP contribution in [0.3, 0.4) is 0 Å². The lowest BCUT2D eigenvalue weighted by atomic mass is 10.2. The number of aryl methyl sites for hydroxylation is 1. The number of aliphatic carboxylic acids is 1. The first-order valence-corrected chi connectivity index (χ1v) is 8.07. The van der Waals surface area contributed by atoms with Crippen molar-refractivity contribution in [1.82, 2.24) is 14.5 Å². The number of halogens is 1. The molecule has 25 heavy (non-hydrogen) atoms. The van der Waals surface area contributed by atoms with Crippen LogP contribution in [0.1, 0.15) is 18.3 Å². The molecule has 2 aromatic rings. The Balaban J connectivity index is 2.24. The van der Waals surface area contributed by atoms with Crippen molar-refractivity contribution in [2.24, 2.45) is 0 Å². The average molecular weight is 364 g/mol. The first-order chi connectivity index (χ1) is 12.0. The maximum Gasteiger partial charge on any atom is 0.328 e. The van der Waals surface area contributed by atoms with E-state index < -0.39 is 5.97 Å². The Hall–Kier alpha value is -2.87. The van der Waals surface area contributed by atoms with Gasteiger partial charge in [-0.1, -0.05) is 0 Å². The summed E-state index contributed by atoms with van der Waals surface area (Å²) in [6.07, 6.45) is 5.83. The van der Waals surface area contributed by atoms with Gasteiger partial charge in [0.15, 0.2) is 5.82 Å². The molecule has 0 atom stereocenters. The standard InChI is InChI=1S/C16H18ClN5O3/c1-2-22-10-18-8-12(22)9-19-16-13(21-14(23)7-17)5-3-11(20-16)4-6-15(24)25/h3-6,8,10H,2,7,9H2,1H3,(H,19,20)(H,21,23)(H,24,25)/b6-4+. The van der Waals surface area contributed by atoms with Crippen LogP contribution in [0, 0.1) is 0 Å². The van der Waals surface area contributed by atoms with Crippen molar-refractivity contribution in [1.29, 1.82) is 0 Å². The Morgan fingerprint density at radius 1 is 1.40 bits per heavy atom. The molecule has 0 saturated heterocycles. The van der Waals surface area contributed by atoms with Gasteiger partial charge < -0.3 is 20.3 Å². The number of rotatable bonds is 8. The lowest BCUT2D eigenvalue weighted by Crippen LogP contribution is -2.16. The van der Waals surface area contributed by atoms with Gasteiger partial charge in [-0.2, -0.15) is 0 Å². The van der Waals surface area contributed by atoms with Gasteiger partial charge in [0.25, 0.3) is 0 Å². The van der Waals surface area contributed by atoms with Crippen LogP contribution in [-0.4, -0.2) is 37.4 Å². The number of pyridine rings is 1. The van der Waals surface area contributed by atoms with Crippen LogP contribution in [0.25, 0.3) is 6.08 Å². The third-order valence-corrected chi connectivity index (χ3v) is 3.53. The number of carboxylic acids is 1. The number of carbonyl (C=O) groups is 2. The van der Waals surface area contributed by atoms with Crippen LogP contribution in [0.15, 0.2) is 30.7 Å². The van der Waals surface area contributed by atoms with Crippen molar-refractivity contribution >= 4 is 41.1 Å². The number of nitrogens with zero attached hydrogens (tertiary/aromatic N) is 3. The fraction of sp³-hybridized carbons (Fsp3) is 0.250. The van der Waals surface area contributed by atoms with E-state index in [1.165, 1.54) is 6.08 Å². The van der Waals surface area contributed by atoms with Gasteiger partial charge in [-0.15, -0.1) is 11.6 Å². The number of hydrogen-bond acceptors (Lipinski definition) is 5. The first kappa shape index (κ1) is 18.5. The molecule has 2 rings (SSSR count). The normalized spacial score (nSPS) is 10.8. The molecule has 0 aliphatic heterocycles. The van der Waals surface area contributed by atoms with Crippen LogP contribution in [0.2, 0.25) is 0 Å². The molecule has 0 radical (unpaired) electrons. The minimum atomic E-state index is -1.07. The molecule has 8 nitrogen and oxygen atoms in total. The highest BCUT2D eigenvalue weighted by Crippen LogP contribution is 2.21. The van der Waals surface area contributed by atoms with Gasteiger partial charge >= 0.3 is 5.97 Å². The van der Waals surface area contributed by atoms with Gasteiger partial charge in [0.2, 0.25) is 5.91 Å². The van der Waals surface area contributed by atoms with Crippen molar-refractivity contribution in [3.05, 3.63) is 42.1 Å². The zero-order valence-electron chi connectivity index (χ0n) is 13.6. The van der Waals surface area contributed by atoms with Gasteiger partial charge in [-0.05, 0) is 25.1 Å². The molecule has 0 aliphatic rings. The predicted molar refractivity (Wildman–Crippen MR) is 95.5 cm³/mol. The molecular weight excluding hydrogens is 346 g/mol. The van der Waals surface area contributed by atoms with Crippen LogP contribution in [0.5, 0.6) is 0 Å². The molecule has 0 spiro atoms. The molecular formula is C16H18ClN5O3. The summed E-state index contributed by atoms with van der Waals surface area (Å²) in [6, 6.07) is 3.24. The van der Waals surface area contributed by atoms with E-state index in [1.54, 1.807) is 24.7 Å². The summed E-state index contributed by atoms with van der Waals surface area (Å²) in [5.41, 5.74) is 1.85. The molecule has 0 aromatic carbocycles. The van der Waals surface area contributed by atoms with Gasteiger partial charge in [-0.3, -0.25) is 4.79 Å². The zero-order valence-corrected chi connectivity index (χ0v) is 14.3. The van der Waals surface area contributed by atoms with E-state index in [0.29, 0.717) is 23.7 Å². The summed E-state index contributed by atoms with van der Waals surface area (Å²) in [7, 11) is 0. The molecule has 0 aliphatic carbocycles. The molecule has 2 aromatic heterocycles. The Labute approximate surface area is 149 Å². The van der Waals surface area contributed by atoms with Crippen molar-refractivity contribution in [2.45, 2.75) is 20.0 Å². The summed E-state index contributed by atoms with van der Waals surface area (Å²) in [5, 5.41) is 14.5. The fourth-order valence-corrected chi connectivity index (χ4v) is 2.16. The second kappa shape index (κ2) is 8.84. The van der Waals surface area contributed by atoms with Crippen LogP contribution in [-0.2, 0) is 22.7 Å². The highest BCUT2D eigenvalue weighted by molar-refractivity contribution is 6.29. The highest BCUT2D eigenvalue weighted by atomic mass is 35.5. The van der Waals surface area contributed by atoms with Crippen molar-refractivity contribution < 1.29 is 14.7 Å². The van der Waals surface area contributed by atoms with E-state index in [9.17, 15) is 9.59 Å². The van der Waals surface area contributed by atoms with Crippen molar-refractivity contribution in [3.63, 3.8) is 0 Å².